The van der Waals surface area contributed by atoms with Gasteiger partial charge in [0, 0.05) is 23.7 Å². The largest absolute Gasteiger partial charge is 0.361 e. The summed E-state index contributed by atoms with van der Waals surface area (Å²) in [7, 11) is -3.21. The highest BCUT2D eigenvalue weighted by molar-refractivity contribution is 8.15. The molecule has 0 bridgehead atoms. The predicted octanol–water partition coefficient (Wildman–Crippen LogP) is 4.26. The molecule has 0 saturated carbocycles. The summed E-state index contributed by atoms with van der Waals surface area (Å²) >= 11 is 3.24. The van der Waals surface area contributed by atoms with Crippen molar-refractivity contribution in [1.29, 1.82) is 0 Å². The van der Waals surface area contributed by atoms with Crippen molar-refractivity contribution in [3.8, 4) is 0 Å². The van der Waals surface area contributed by atoms with Crippen LogP contribution < -0.4 is 10.6 Å². The molecule has 1 aliphatic heterocycles. The van der Waals surface area contributed by atoms with Gasteiger partial charge in [-0.25, -0.2) is 13.4 Å². The maximum atomic E-state index is 11.7. The summed E-state index contributed by atoms with van der Waals surface area (Å²) in [6.07, 6.45) is 2.09. The minimum atomic E-state index is -3.21. The Morgan fingerprint density at radius 2 is 1.97 bits per heavy atom. The lowest BCUT2D eigenvalue weighted by atomic mass is 10.1. The molecule has 2 N–H and O–H groups in total. The Morgan fingerprint density at radius 3 is 2.66 bits per heavy atom. The summed E-state index contributed by atoms with van der Waals surface area (Å²) in [5, 5.41) is 9.03. The quantitative estimate of drug-likeness (QED) is 0.589. The first kappa shape index (κ1) is 20.2. The fourth-order valence-electron chi connectivity index (χ4n) is 2.95. The first-order valence-electron chi connectivity index (χ1n) is 9.28. The second-order valence-corrected chi connectivity index (χ2v) is 11.5. The Bertz CT molecular complexity index is 1150. The minimum Gasteiger partial charge on any atom is -0.361 e. The summed E-state index contributed by atoms with van der Waals surface area (Å²) in [6.45, 7) is 3.80. The molecule has 6 nitrogen and oxygen atoms in total. The molecular formula is C20H22N4O2S3. The molecule has 0 aliphatic carbocycles. The van der Waals surface area contributed by atoms with E-state index in [1.54, 1.807) is 30.0 Å². The van der Waals surface area contributed by atoms with E-state index in [0.29, 0.717) is 10.1 Å². The number of hydrogen-bond donors (Lipinski definition) is 2. The molecule has 152 valence electrons. The van der Waals surface area contributed by atoms with E-state index in [1.165, 1.54) is 23.2 Å². The fourth-order valence-corrected chi connectivity index (χ4v) is 5.46. The number of anilines is 2. The SMILES string of the molecule is CC1CN=C(Nc2ccc(CCNc3nc4ccc(S(C)(=O)=O)cc4s3)cc2)S1. The number of fused-ring (bicyclic) bond motifs is 1. The van der Waals surface area contributed by atoms with Crippen LogP contribution in [0.15, 0.2) is 52.4 Å². The van der Waals surface area contributed by atoms with E-state index in [4.69, 9.17) is 0 Å². The summed E-state index contributed by atoms with van der Waals surface area (Å²) < 4.78 is 24.3. The first-order valence-corrected chi connectivity index (χ1v) is 12.9. The smallest absolute Gasteiger partial charge is 0.183 e. The van der Waals surface area contributed by atoms with Crippen molar-refractivity contribution < 1.29 is 8.42 Å². The molecule has 1 aromatic heterocycles. The molecule has 29 heavy (non-hydrogen) atoms. The van der Waals surface area contributed by atoms with Crippen LogP contribution in [0.5, 0.6) is 0 Å². The highest BCUT2D eigenvalue weighted by Gasteiger charge is 2.14. The van der Waals surface area contributed by atoms with E-state index >= 15 is 0 Å². The molecule has 4 rings (SSSR count). The van der Waals surface area contributed by atoms with Gasteiger partial charge in [-0.05, 0) is 42.3 Å². The van der Waals surface area contributed by atoms with Gasteiger partial charge in [0.05, 0.1) is 21.7 Å². The van der Waals surface area contributed by atoms with Crippen molar-refractivity contribution >= 4 is 59.1 Å². The Morgan fingerprint density at radius 1 is 1.17 bits per heavy atom. The third-order valence-electron chi connectivity index (χ3n) is 4.49. The lowest BCUT2D eigenvalue weighted by Crippen LogP contribution is -2.07. The van der Waals surface area contributed by atoms with Crippen LogP contribution in [0.4, 0.5) is 10.8 Å². The van der Waals surface area contributed by atoms with Gasteiger partial charge >= 0.3 is 0 Å². The molecule has 0 spiro atoms. The maximum absolute atomic E-state index is 11.7. The molecule has 0 amide bonds. The summed E-state index contributed by atoms with van der Waals surface area (Å²) in [5.74, 6) is 0. The third-order valence-corrected chi connectivity index (χ3v) is 7.58. The highest BCUT2D eigenvalue weighted by atomic mass is 32.2. The van der Waals surface area contributed by atoms with E-state index in [2.05, 4.69) is 51.8 Å². The fraction of sp³-hybridized carbons (Fsp3) is 0.300. The molecule has 3 aromatic rings. The molecule has 0 fully saturated rings. The maximum Gasteiger partial charge on any atom is 0.183 e. The van der Waals surface area contributed by atoms with Crippen molar-refractivity contribution in [3.63, 3.8) is 0 Å². The standard InChI is InChI=1S/C20H22N4O2S3/c1-13-12-22-20(27-13)23-15-5-3-14(4-6-15)9-10-21-19-24-17-8-7-16(29(2,25)26)11-18(17)28-19/h3-8,11,13H,9-10,12H2,1-2H3,(H,21,24)(H,22,23). The molecule has 9 heteroatoms. The van der Waals surface area contributed by atoms with Crippen molar-refractivity contribution in [1.82, 2.24) is 4.98 Å². The van der Waals surface area contributed by atoms with Crippen LogP contribution in [0.1, 0.15) is 12.5 Å². The number of amidine groups is 1. The van der Waals surface area contributed by atoms with Crippen molar-refractivity contribution in [2.75, 3.05) is 30.0 Å². The van der Waals surface area contributed by atoms with E-state index < -0.39 is 9.84 Å². The number of sulfone groups is 1. The molecule has 2 heterocycles. The molecule has 1 atom stereocenters. The van der Waals surface area contributed by atoms with Gasteiger partial charge in [0.25, 0.3) is 0 Å². The number of rotatable bonds is 6. The summed E-state index contributed by atoms with van der Waals surface area (Å²) in [6, 6.07) is 13.4. The number of nitrogens with one attached hydrogen (secondary N) is 2. The van der Waals surface area contributed by atoms with Gasteiger partial charge in [-0.3, -0.25) is 4.99 Å². The number of nitrogens with zero attached hydrogens (tertiary/aromatic N) is 2. The van der Waals surface area contributed by atoms with Crippen LogP contribution in [0.3, 0.4) is 0 Å². The van der Waals surface area contributed by atoms with Gasteiger partial charge < -0.3 is 10.6 Å². The van der Waals surface area contributed by atoms with Crippen molar-refractivity contribution in [2.24, 2.45) is 4.99 Å². The Labute approximate surface area is 178 Å². The second-order valence-electron chi connectivity index (χ2n) is 6.99. The Hall–Kier alpha value is -2.10. The normalized spacial score (nSPS) is 16.8. The van der Waals surface area contributed by atoms with Crippen LogP contribution >= 0.6 is 23.1 Å². The highest BCUT2D eigenvalue weighted by Crippen LogP contribution is 2.28. The van der Waals surface area contributed by atoms with Crippen LogP contribution in [-0.2, 0) is 16.3 Å². The van der Waals surface area contributed by atoms with Crippen molar-refractivity contribution in [2.45, 2.75) is 23.5 Å². The van der Waals surface area contributed by atoms with Crippen LogP contribution in [-0.4, -0.2) is 43.2 Å². The zero-order valence-corrected chi connectivity index (χ0v) is 18.6. The lowest BCUT2D eigenvalue weighted by molar-refractivity contribution is 0.602. The van der Waals surface area contributed by atoms with E-state index in [1.807, 2.05) is 0 Å². The molecule has 1 aliphatic rings. The number of hydrogen-bond acceptors (Lipinski definition) is 8. The zero-order valence-electron chi connectivity index (χ0n) is 16.2. The first-order chi connectivity index (χ1) is 13.9. The number of thioether (sulfide) groups is 1. The van der Waals surface area contributed by atoms with Gasteiger partial charge in [-0.15, -0.1) is 0 Å². The van der Waals surface area contributed by atoms with E-state index in [0.717, 1.165) is 45.7 Å². The van der Waals surface area contributed by atoms with Crippen LogP contribution in [0, 0.1) is 0 Å². The number of benzene rings is 2. The number of aromatic nitrogens is 1. The summed E-state index contributed by atoms with van der Waals surface area (Å²) in [4.78, 5) is 9.33. The number of thiazole rings is 1. The van der Waals surface area contributed by atoms with Gasteiger partial charge in [-0.2, -0.15) is 0 Å². The second kappa shape index (κ2) is 8.33. The molecule has 0 radical (unpaired) electrons. The molecule has 0 saturated heterocycles. The molecule has 2 aromatic carbocycles. The van der Waals surface area contributed by atoms with Gasteiger partial charge in [0.15, 0.2) is 20.1 Å². The molecule has 1 unspecified atom stereocenters. The van der Waals surface area contributed by atoms with Crippen molar-refractivity contribution in [3.05, 3.63) is 48.0 Å². The third kappa shape index (κ3) is 5.09. The van der Waals surface area contributed by atoms with Gasteiger partial charge in [0.2, 0.25) is 0 Å². The topological polar surface area (TPSA) is 83.4 Å². The van der Waals surface area contributed by atoms with Gasteiger partial charge in [0.1, 0.15) is 0 Å². The Kier molecular flexibility index (Phi) is 5.80. The average Bonchev–Trinajstić information content (AvgIpc) is 3.27. The van der Waals surface area contributed by atoms with E-state index in [-0.39, 0.29) is 0 Å². The van der Waals surface area contributed by atoms with Gasteiger partial charge in [-0.1, -0.05) is 42.2 Å². The molecular weight excluding hydrogens is 424 g/mol. The minimum absolute atomic E-state index is 0.324. The number of aliphatic imine (C=N–C) groups is 1. The Balaban J connectivity index is 1.33. The monoisotopic (exact) mass is 446 g/mol. The average molecular weight is 447 g/mol. The predicted molar refractivity (Wildman–Crippen MR) is 124 cm³/mol. The van der Waals surface area contributed by atoms with E-state index in [9.17, 15) is 8.42 Å². The zero-order chi connectivity index (χ0) is 20.4. The van der Waals surface area contributed by atoms with Crippen LogP contribution in [0.25, 0.3) is 10.2 Å². The van der Waals surface area contributed by atoms with Crippen LogP contribution in [0.2, 0.25) is 0 Å². The summed E-state index contributed by atoms with van der Waals surface area (Å²) in [5.41, 5.74) is 3.09. The lowest BCUT2D eigenvalue weighted by Gasteiger charge is -2.07.